The van der Waals surface area contributed by atoms with Crippen molar-refractivity contribution in [2.24, 2.45) is 11.0 Å². The molecule has 6 nitrogen and oxygen atoms in total. The van der Waals surface area contributed by atoms with Crippen LogP contribution in [0.3, 0.4) is 0 Å². The van der Waals surface area contributed by atoms with E-state index in [9.17, 15) is 9.18 Å². The normalized spacial score (nSPS) is 20.7. The van der Waals surface area contributed by atoms with E-state index in [2.05, 4.69) is 33.7 Å². The van der Waals surface area contributed by atoms with E-state index in [0.717, 1.165) is 42.9 Å². The van der Waals surface area contributed by atoms with E-state index in [1.54, 1.807) is 12.1 Å². The lowest BCUT2D eigenvalue weighted by molar-refractivity contribution is -0.118. The van der Waals surface area contributed by atoms with Crippen LogP contribution in [-0.4, -0.2) is 48.8 Å². The third-order valence-electron chi connectivity index (χ3n) is 7.03. The molecule has 7 heteroatoms. The zero-order valence-corrected chi connectivity index (χ0v) is 20.8. The Morgan fingerprint density at radius 2 is 2.17 bits per heavy atom. The monoisotopic (exact) mass is 488 g/mol. The number of likely N-dealkylation sites (N-methyl/N-ethyl adjacent to an activating group) is 1. The molecule has 36 heavy (non-hydrogen) atoms. The molecule has 3 unspecified atom stereocenters. The van der Waals surface area contributed by atoms with Crippen LogP contribution in [0.2, 0.25) is 0 Å². The van der Waals surface area contributed by atoms with Gasteiger partial charge < -0.3 is 15.5 Å². The number of ether oxygens (including phenoxy) is 1. The van der Waals surface area contributed by atoms with Gasteiger partial charge in [0.05, 0.1) is 18.4 Å². The molecule has 188 valence electrons. The van der Waals surface area contributed by atoms with Gasteiger partial charge in [-0.25, -0.2) is 4.39 Å². The summed E-state index contributed by atoms with van der Waals surface area (Å²) < 4.78 is 19.7. The smallest absolute Gasteiger partial charge is 0.251 e. The second-order valence-electron chi connectivity index (χ2n) is 9.83. The molecular weight excluding hydrogens is 455 g/mol. The van der Waals surface area contributed by atoms with Gasteiger partial charge in [-0.15, -0.1) is 0 Å². The van der Waals surface area contributed by atoms with Gasteiger partial charge in [0.1, 0.15) is 11.6 Å². The summed E-state index contributed by atoms with van der Waals surface area (Å²) in [5.74, 6) is 0.648. The third-order valence-corrected chi connectivity index (χ3v) is 7.03. The first-order valence-corrected chi connectivity index (χ1v) is 12.7. The number of carbonyl (C=O) groups is 1. The van der Waals surface area contributed by atoms with Crippen LogP contribution in [0, 0.1) is 11.7 Å². The van der Waals surface area contributed by atoms with Crippen molar-refractivity contribution in [2.45, 2.75) is 44.8 Å². The van der Waals surface area contributed by atoms with Crippen molar-refractivity contribution in [3.8, 4) is 5.75 Å². The summed E-state index contributed by atoms with van der Waals surface area (Å²) in [6.45, 7) is 3.96. The van der Waals surface area contributed by atoms with Crippen LogP contribution < -0.4 is 15.5 Å². The first kappa shape index (κ1) is 24.3. The topological polar surface area (TPSA) is 66.0 Å². The Bertz CT molecular complexity index is 1220. The lowest BCUT2D eigenvalue weighted by atomic mass is 9.85. The highest BCUT2D eigenvalue weighted by Crippen LogP contribution is 2.31. The number of hydrazone groups is 1. The zero-order chi connectivity index (χ0) is 25.1. The number of fused-ring (bicyclic) bond motifs is 2. The van der Waals surface area contributed by atoms with E-state index in [-0.39, 0.29) is 29.7 Å². The van der Waals surface area contributed by atoms with E-state index in [4.69, 9.17) is 4.74 Å². The number of benzene rings is 2. The minimum atomic E-state index is -0.203. The van der Waals surface area contributed by atoms with Crippen molar-refractivity contribution in [2.75, 3.05) is 20.2 Å². The van der Waals surface area contributed by atoms with Crippen LogP contribution in [0.4, 0.5) is 4.39 Å². The van der Waals surface area contributed by atoms with Crippen molar-refractivity contribution in [1.82, 2.24) is 15.6 Å². The van der Waals surface area contributed by atoms with Gasteiger partial charge in [-0.1, -0.05) is 49.8 Å². The molecule has 3 aliphatic rings. The number of amides is 1. The average Bonchev–Trinajstić information content (AvgIpc) is 3.51. The van der Waals surface area contributed by atoms with Crippen molar-refractivity contribution < 1.29 is 13.9 Å². The second-order valence-corrected chi connectivity index (χ2v) is 9.83. The first-order valence-electron chi connectivity index (χ1n) is 12.7. The number of carbonyl (C=O) groups excluding carboxylic acids is 1. The summed E-state index contributed by atoms with van der Waals surface area (Å²) in [6, 6.07) is 13.0. The Balaban J connectivity index is 1.25. The number of rotatable bonds is 9. The predicted octanol–water partition coefficient (Wildman–Crippen LogP) is 3.97. The first-order chi connectivity index (χ1) is 17.5. The fraction of sp³-hybridized carbons (Fsp3) is 0.379. The summed E-state index contributed by atoms with van der Waals surface area (Å²) in [4.78, 5) is 15.3. The van der Waals surface area contributed by atoms with Crippen LogP contribution >= 0.6 is 0 Å². The number of nitrogens with zero attached hydrogens (tertiary/aromatic N) is 2. The molecule has 0 fully saturated rings. The molecule has 0 radical (unpaired) electrons. The molecule has 2 heterocycles. The van der Waals surface area contributed by atoms with Crippen LogP contribution in [0.5, 0.6) is 5.75 Å². The third kappa shape index (κ3) is 5.21. The van der Waals surface area contributed by atoms with Gasteiger partial charge in [0.25, 0.3) is 5.91 Å². The highest BCUT2D eigenvalue weighted by Gasteiger charge is 2.33. The Morgan fingerprint density at radius 1 is 1.31 bits per heavy atom. The molecular formula is C29H33FN4O2. The molecule has 1 aliphatic carbocycles. The zero-order valence-electron chi connectivity index (χ0n) is 20.8. The Kier molecular flexibility index (Phi) is 7.18. The SMILES string of the molecule is CCCC(CN(C)Cc1ccccc1F)NC(=O)C1=CC2C(c3ccc4c(c3)CCO4)=NNC2C=C1. The lowest BCUT2D eigenvalue weighted by Gasteiger charge is -2.26. The molecule has 0 bridgehead atoms. The maximum atomic E-state index is 14.1. The largest absolute Gasteiger partial charge is 0.493 e. The van der Waals surface area contributed by atoms with Crippen LogP contribution in [-0.2, 0) is 17.8 Å². The molecule has 2 aromatic rings. The summed E-state index contributed by atoms with van der Waals surface area (Å²) in [7, 11) is 1.96. The van der Waals surface area contributed by atoms with Gasteiger partial charge in [-0.05, 0) is 48.9 Å². The van der Waals surface area contributed by atoms with Gasteiger partial charge >= 0.3 is 0 Å². The standard InChI is InChI=1S/C29H33FN4O2/c1-3-6-23(18-34(2)17-22-7-4-5-8-25(22)30)31-29(35)21-9-11-26-24(16-21)28(33-32-26)20-10-12-27-19(15-20)13-14-36-27/h4-5,7-12,15-16,23-24,26,32H,3,6,13-14,17-18H2,1-2H3,(H,31,35). The highest BCUT2D eigenvalue weighted by atomic mass is 19.1. The van der Waals surface area contributed by atoms with E-state index in [0.29, 0.717) is 24.2 Å². The van der Waals surface area contributed by atoms with Gasteiger partial charge in [-0.3, -0.25) is 9.69 Å². The van der Waals surface area contributed by atoms with Crippen molar-refractivity contribution in [3.05, 3.63) is 88.8 Å². The number of hydrogen-bond donors (Lipinski definition) is 2. The number of hydrogen-bond acceptors (Lipinski definition) is 5. The minimum Gasteiger partial charge on any atom is -0.493 e. The molecule has 0 spiro atoms. The molecule has 0 aromatic heterocycles. The Morgan fingerprint density at radius 3 is 3.00 bits per heavy atom. The second kappa shape index (κ2) is 10.7. The molecule has 2 aromatic carbocycles. The summed E-state index contributed by atoms with van der Waals surface area (Å²) in [5.41, 5.74) is 7.72. The fourth-order valence-electron chi connectivity index (χ4n) is 5.21. The Labute approximate surface area is 211 Å². The van der Waals surface area contributed by atoms with Crippen molar-refractivity contribution in [1.29, 1.82) is 0 Å². The summed E-state index contributed by atoms with van der Waals surface area (Å²) in [6.07, 6.45) is 8.62. The lowest BCUT2D eigenvalue weighted by Crippen LogP contribution is -2.43. The van der Waals surface area contributed by atoms with Crippen LogP contribution in [0.1, 0.15) is 36.5 Å². The minimum absolute atomic E-state index is 0.00974. The molecule has 2 N–H and O–H groups in total. The van der Waals surface area contributed by atoms with Gasteiger partial charge in [0.2, 0.25) is 0 Å². The van der Waals surface area contributed by atoms with E-state index in [1.807, 2.05) is 43.5 Å². The fourth-order valence-corrected chi connectivity index (χ4v) is 5.21. The maximum Gasteiger partial charge on any atom is 0.251 e. The highest BCUT2D eigenvalue weighted by molar-refractivity contribution is 6.07. The van der Waals surface area contributed by atoms with Crippen molar-refractivity contribution in [3.63, 3.8) is 0 Å². The molecule has 2 aliphatic heterocycles. The molecule has 0 saturated heterocycles. The van der Waals surface area contributed by atoms with Gasteiger partial charge in [0.15, 0.2) is 0 Å². The van der Waals surface area contributed by atoms with E-state index >= 15 is 0 Å². The van der Waals surface area contributed by atoms with Gasteiger partial charge in [0, 0.05) is 42.6 Å². The van der Waals surface area contributed by atoms with Gasteiger partial charge in [-0.2, -0.15) is 5.10 Å². The predicted molar refractivity (Wildman–Crippen MR) is 139 cm³/mol. The summed E-state index contributed by atoms with van der Waals surface area (Å²) in [5, 5.41) is 7.82. The number of nitrogens with one attached hydrogen (secondary N) is 2. The summed E-state index contributed by atoms with van der Waals surface area (Å²) >= 11 is 0. The molecule has 3 atom stereocenters. The Hall–Kier alpha value is -3.45. The molecule has 0 saturated carbocycles. The van der Waals surface area contributed by atoms with Crippen LogP contribution in [0.15, 0.2) is 71.4 Å². The maximum absolute atomic E-state index is 14.1. The average molecular weight is 489 g/mol. The molecule has 5 rings (SSSR count). The number of halogens is 1. The van der Waals surface area contributed by atoms with E-state index in [1.165, 1.54) is 11.6 Å². The van der Waals surface area contributed by atoms with Crippen molar-refractivity contribution >= 4 is 11.6 Å². The van der Waals surface area contributed by atoms with Crippen LogP contribution in [0.25, 0.3) is 0 Å². The molecule has 1 amide bonds. The van der Waals surface area contributed by atoms with E-state index < -0.39 is 0 Å². The quantitative estimate of drug-likeness (QED) is 0.561.